The molecule has 2 heteroatoms. The predicted molar refractivity (Wildman–Crippen MR) is 76.4 cm³/mol. The van der Waals surface area contributed by atoms with E-state index in [9.17, 15) is 0 Å². The molecule has 0 atom stereocenters. The summed E-state index contributed by atoms with van der Waals surface area (Å²) in [7, 11) is 0. The van der Waals surface area contributed by atoms with Crippen LogP contribution < -0.4 is 5.73 Å². The summed E-state index contributed by atoms with van der Waals surface area (Å²) < 4.78 is 5.79. The normalized spacial score (nSPS) is 11.8. The van der Waals surface area contributed by atoms with Crippen molar-refractivity contribution in [3.8, 4) is 0 Å². The van der Waals surface area contributed by atoms with Crippen LogP contribution in [-0.4, -0.2) is 6.54 Å². The number of benzene rings is 2. The van der Waals surface area contributed by atoms with Crippen LogP contribution in [0.15, 0.2) is 53.0 Å². The van der Waals surface area contributed by atoms with E-state index < -0.39 is 0 Å². The van der Waals surface area contributed by atoms with Crippen molar-refractivity contribution in [3.63, 3.8) is 0 Å². The fourth-order valence-corrected chi connectivity index (χ4v) is 2.16. The van der Waals surface area contributed by atoms with Crippen molar-refractivity contribution in [3.05, 3.63) is 54.1 Å². The molecular formula is C16H15NO. The Balaban J connectivity index is 2.12. The second kappa shape index (κ2) is 4.67. The van der Waals surface area contributed by atoms with Crippen LogP contribution in [0.1, 0.15) is 12.0 Å². The fourth-order valence-electron chi connectivity index (χ4n) is 2.16. The Bertz CT molecular complexity index is 709. The lowest BCUT2D eigenvalue weighted by molar-refractivity contribution is 0.669. The summed E-state index contributed by atoms with van der Waals surface area (Å²) in [5.74, 6) is 0. The second-order valence-corrected chi connectivity index (χ2v) is 4.33. The first-order chi connectivity index (χ1) is 8.88. The molecule has 2 nitrogen and oxygen atoms in total. The van der Waals surface area contributed by atoms with Gasteiger partial charge in [-0.15, -0.1) is 0 Å². The molecule has 3 aromatic rings. The first-order valence-electron chi connectivity index (χ1n) is 6.16. The van der Waals surface area contributed by atoms with Gasteiger partial charge in [0.15, 0.2) is 0 Å². The average Bonchev–Trinajstić information content (AvgIpc) is 2.77. The third kappa shape index (κ3) is 1.91. The van der Waals surface area contributed by atoms with E-state index in [0.717, 1.165) is 17.6 Å². The van der Waals surface area contributed by atoms with Crippen molar-refractivity contribution in [2.45, 2.75) is 6.42 Å². The molecule has 0 bridgehead atoms. The fraction of sp³-hybridized carbons (Fsp3) is 0.125. The van der Waals surface area contributed by atoms with E-state index in [4.69, 9.17) is 10.2 Å². The van der Waals surface area contributed by atoms with Gasteiger partial charge in [-0.2, -0.15) is 0 Å². The molecule has 0 amide bonds. The Kier molecular flexibility index (Phi) is 2.87. The van der Waals surface area contributed by atoms with Gasteiger partial charge in [0.2, 0.25) is 0 Å². The van der Waals surface area contributed by atoms with Crippen LogP contribution in [0.5, 0.6) is 0 Å². The Labute approximate surface area is 106 Å². The molecular weight excluding hydrogens is 222 g/mol. The zero-order valence-electron chi connectivity index (χ0n) is 10.1. The van der Waals surface area contributed by atoms with E-state index in [1.165, 1.54) is 16.3 Å². The highest BCUT2D eigenvalue weighted by Gasteiger charge is 2.05. The van der Waals surface area contributed by atoms with Gasteiger partial charge in [0.05, 0.1) is 0 Å². The van der Waals surface area contributed by atoms with Crippen molar-refractivity contribution in [1.82, 2.24) is 0 Å². The van der Waals surface area contributed by atoms with Crippen molar-refractivity contribution < 1.29 is 4.42 Å². The topological polar surface area (TPSA) is 39.2 Å². The molecule has 0 saturated heterocycles. The van der Waals surface area contributed by atoms with Crippen LogP contribution >= 0.6 is 0 Å². The summed E-state index contributed by atoms with van der Waals surface area (Å²) >= 11 is 0. The van der Waals surface area contributed by atoms with Crippen LogP contribution in [0, 0.1) is 0 Å². The minimum absolute atomic E-state index is 0.688. The van der Waals surface area contributed by atoms with Gasteiger partial charge in [0, 0.05) is 10.8 Å². The number of furan rings is 1. The lowest BCUT2D eigenvalue weighted by atomic mass is 10.1. The highest BCUT2D eigenvalue weighted by atomic mass is 16.3. The van der Waals surface area contributed by atoms with Crippen LogP contribution in [0.3, 0.4) is 0 Å². The smallest absolute Gasteiger partial charge is 0.135 e. The molecule has 0 saturated carbocycles. The number of fused-ring (bicyclic) bond motifs is 3. The quantitative estimate of drug-likeness (QED) is 0.749. The maximum absolute atomic E-state index is 5.79. The highest BCUT2D eigenvalue weighted by molar-refractivity contribution is 6.05. The maximum atomic E-state index is 5.79. The monoisotopic (exact) mass is 237 g/mol. The predicted octanol–water partition coefficient (Wildman–Crippen LogP) is 3.95. The average molecular weight is 237 g/mol. The van der Waals surface area contributed by atoms with E-state index in [-0.39, 0.29) is 0 Å². The Morgan fingerprint density at radius 3 is 2.72 bits per heavy atom. The third-order valence-corrected chi connectivity index (χ3v) is 3.04. The Morgan fingerprint density at radius 2 is 1.83 bits per heavy atom. The standard InChI is InChI=1S/C16H15NO/c17-10-4-3-5-12-8-9-16-14(11-12)13-6-1-2-7-15(13)18-16/h1-3,5-9,11H,4,10,17H2. The summed E-state index contributed by atoms with van der Waals surface area (Å²) in [6.07, 6.45) is 5.11. The maximum Gasteiger partial charge on any atom is 0.135 e. The number of hydrogen-bond donors (Lipinski definition) is 1. The zero-order valence-corrected chi connectivity index (χ0v) is 10.1. The van der Waals surface area contributed by atoms with Gasteiger partial charge in [-0.1, -0.05) is 36.4 Å². The molecule has 0 spiro atoms. The first kappa shape index (κ1) is 11.1. The van der Waals surface area contributed by atoms with E-state index in [1.54, 1.807) is 0 Å². The van der Waals surface area contributed by atoms with E-state index in [0.29, 0.717) is 6.54 Å². The molecule has 0 aliphatic carbocycles. The third-order valence-electron chi connectivity index (χ3n) is 3.04. The number of hydrogen-bond acceptors (Lipinski definition) is 2. The highest BCUT2D eigenvalue weighted by Crippen LogP contribution is 2.29. The molecule has 0 unspecified atom stereocenters. The molecule has 1 aromatic heterocycles. The zero-order chi connectivity index (χ0) is 12.4. The Morgan fingerprint density at radius 1 is 1.00 bits per heavy atom. The molecule has 0 radical (unpaired) electrons. The van der Waals surface area contributed by atoms with Gasteiger partial charge in [-0.05, 0) is 36.7 Å². The van der Waals surface area contributed by atoms with Crippen LogP contribution in [0.25, 0.3) is 28.0 Å². The van der Waals surface area contributed by atoms with Crippen molar-refractivity contribution in [2.75, 3.05) is 6.54 Å². The van der Waals surface area contributed by atoms with Gasteiger partial charge < -0.3 is 10.2 Å². The van der Waals surface area contributed by atoms with Gasteiger partial charge >= 0.3 is 0 Å². The molecule has 2 aromatic carbocycles. The van der Waals surface area contributed by atoms with Crippen LogP contribution in [-0.2, 0) is 0 Å². The van der Waals surface area contributed by atoms with Gasteiger partial charge in [-0.3, -0.25) is 0 Å². The minimum Gasteiger partial charge on any atom is -0.456 e. The SMILES string of the molecule is NCCC=Cc1ccc2oc3ccccc3c2c1. The van der Waals surface area contributed by atoms with Crippen molar-refractivity contribution >= 4 is 28.0 Å². The summed E-state index contributed by atoms with van der Waals surface area (Å²) in [5.41, 5.74) is 8.54. The molecule has 0 aliphatic heterocycles. The van der Waals surface area contributed by atoms with E-state index >= 15 is 0 Å². The molecule has 90 valence electrons. The lowest BCUT2D eigenvalue weighted by Gasteiger charge is -1.94. The van der Waals surface area contributed by atoms with E-state index in [2.05, 4.69) is 30.4 Å². The summed E-state index contributed by atoms with van der Waals surface area (Å²) in [4.78, 5) is 0. The molecule has 18 heavy (non-hydrogen) atoms. The molecule has 2 N–H and O–H groups in total. The van der Waals surface area contributed by atoms with Crippen molar-refractivity contribution in [1.29, 1.82) is 0 Å². The summed E-state index contributed by atoms with van der Waals surface area (Å²) in [6, 6.07) is 14.4. The summed E-state index contributed by atoms with van der Waals surface area (Å²) in [5, 5.41) is 2.34. The van der Waals surface area contributed by atoms with Gasteiger partial charge in [-0.25, -0.2) is 0 Å². The first-order valence-corrected chi connectivity index (χ1v) is 6.16. The second-order valence-electron chi connectivity index (χ2n) is 4.33. The van der Waals surface area contributed by atoms with Crippen LogP contribution in [0.4, 0.5) is 0 Å². The van der Waals surface area contributed by atoms with E-state index in [1.807, 2.05) is 24.3 Å². The largest absolute Gasteiger partial charge is 0.456 e. The molecule has 0 aliphatic rings. The molecule has 3 rings (SSSR count). The van der Waals surface area contributed by atoms with Gasteiger partial charge in [0.25, 0.3) is 0 Å². The molecule has 1 heterocycles. The molecule has 0 fully saturated rings. The minimum atomic E-state index is 0.688. The lowest BCUT2D eigenvalue weighted by Crippen LogP contribution is -1.94. The Hall–Kier alpha value is -2.06. The van der Waals surface area contributed by atoms with Gasteiger partial charge in [0.1, 0.15) is 11.2 Å². The van der Waals surface area contributed by atoms with Crippen molar-refractivity contribution in [2.24, 2.45) is 5.73 Å². The number of nitrogens with two attached hydrogens (primary N) is 1. The number of para-hydroxylation sites is 1. The number of rotatable bonds is 3. The van der Waals surface area contributed by atoms with Crippen LogP contribution in [0.2, 0.25) is 0 Å². The summed E-state index contributed by atoms with van der Waals surface area (Å²) in [6.45, 7) is 0.688.